The fraction of sp³-hybridized carbons (Fsp3) is 0.133. The van der Waals surface area contributed by atoms with Gasteiger partial charge in [-0.15, -0.1) is 11.3 Å². The van der Waals surface area contributed by atoms with Gasteiger partial charge in [-0.1, -0.05) is 18.2 Å². The number of benzene rings is 1. The Hall–Kier alpha value is -1.80. The molecule has 0 saturated heterocycles. The second kappa shape index (κ2) is 6.13. The minimum Gasteiger partial charge on any atom is -0.386 e. The van der Waals surface area contributed by atoms with Crippen molar-refractivity contribution in [2.75, 3.05) is 6.54 Å². The Morgan fingerprint density at radius 3 is 2.77 bits per heavy atom. The normalized spacial score (nSPS) is 13.3. The number of thiophene rings is 1. The molecule has 0 aliphatic carbocycles. The SMILES string of the molecule is O=S(=O)(NCC(O)c1cc2ccccc2s1)c1cccnc1. The highest BCUT2D eigenvalue weighted by Crippen LogP contribution is 2.29. The van der Waals surface area contributed by atoms with Crippen molar-refractivity contribution in [3.05, 3.63) is 59.7 Å². The molecule has 2 aromatic heterocycles. The van der Waals surface area contributed by atoms with Crippen LogP contribution >= 0.6 is 11.3 Å². The summed E-state index contributed by atoms with van der Waals surface area (Å²) in [7, 11) is -3.66. The molecule has 3 rings (SSSR count). The number of fused-ring (bicyclic) bond motifs is 1. The smallest absolute Gasteiger partial charge is 0.242 e. The van der Waals surface area contributed by atoms with Crippen LogP contribution in [-0.2, 0) is 10.0 Å². The van der Waals surface area contributed by atoms with Crippen molar-refractivity contribution < 1.29 is 13.5 Å². The Morgan fingerprint density at radius 1 is 1.23 bits per heavy atom. The van der Waals surface area contributed by atoms with Crippen LogP contribution < -0.4 is 4.72 Å². The number of aliphatic hydroxyl groups excluding tert-OH is 1. The maximum absolute atomic E-state index is 12.1. The molecule has 1 aromatic carbocycles. The third-order valence-corrected chi connectivity index (χ3v) is 5.81. The highest BCUT2D eigenvalue weighted by molar-refractivity contribution is 7.89. The number of hydrogen-bond acceptors (Lipinski definition) is 5. The van der Waals surface area contributed by atoms with E-state index in [1.54, 1.807) is 6.07 Å². The van der Waals surface area contributed by atoms with E-state index in [0.717, 1.165) is 15.0 Å². The molecule has 0 aliphatic heterocycles. The largest absolute Gasteiger partial charge is 0.386 e. The van der Waals surface area contributed by atoms with Crippen LogP contribution in [-0.4, -0.2) is 25.1 Å². The molecule has 22 heavy (non-hydrogen) atoms. The van der Waals surface area contributed by atoms with Crippen molar-refractivity contribution in [3.63, 3.8) is 0 Å². The first-order valence-electron chi connectivity index (χ1n) is 6.62. The fourth-order valence-corrected chi connectivity index (χ4v) is 4.10. The van der Waals surface area contributed by atoms with E-state index in [-0.39, 0.29) is 11.4 Å². The van der Waals surface area contributed by atoms with Crippen molar-refractivity contribution >= 4 is 31.4 Å². The molecule has 2 N–H and O–H groups in total. The van der Waals surface area contributed by atoms with E-state index in [1.165, 1.54) is 29.8 Å². The van der Waals surface area contributed by atoms with Gasteiger partial charge in [0.1, 0.15) is 11.0 Å². The molecule has 1 atom stereocenters. The van der Waals surface area contributed by atoms with Gasteiger partial charge in [0.15, 0.2) is 0 Å². The molecule has 0 saturated carbocycles. The predicted octanol–water partition coefficient (Wildman–Crippen LogP) is 2.31. The number of rotatable bonds is 5. The summed E-state index contributed by atoms with van der Waals surface area (Å²) in [6, 6.07) is 12.7. The summed E-state index contributed by atoms with van der Waals surface area (Å²) in [5.74, 6) is 0. The Labute approximate surface area is 132 Å². The summed E-state index contributed by atoms with van der Waals surface area (Å²) in [5, 5.41) is 11.2. The summed E-state index contributed by atoms with van der Waals surface area (Å²) in [5.41, 5.74) is 0. The first-order valence-corrected chi connectivity index (χ1v) is 8.92. The van der Waals surface area contributed by atoms with Gasteiger partial charge < -0.3 is 5.11 Å². The zero-order valence-electron chi connectivity index (χ0n) is 11.5. The molecule has 0 bridgehead atoms. The predicted molar refractivity (Wildman–Crippen MR) is 86.2 cm³/mol. The number of pyridine rings is 1. The second-order valence-electron chi connectivity index (χ2n) is 4.74. The maximum Gasteiger partial charge on any atom is 0.242 e. The lowest BCUT2D eigenvalue weighted by Gasteiger charge is -2.10. The van der Waals surface area contributed by atoms with Crippen LogP contribution in [0.3, 0.4) is 0 Å². The Bertz CT molecular complexity index is 843. The minimum atomic E-state index is -3.66. The van der Waals surface area contributed by atoms with E-state index in [9.17, 15) is 13.5 Å². The molecule has 114 valence electrons. The highest BCUT2D eigenvalue weighted by atomic mass is 32.2. The van der Waals surface area contributed by atoms with Crippen LogP contribution in [0.1, 0.15) is 11.0 Å². The van der Waals surface area contributed by atoms with E-state index in [0.29, 0.717) is 0 Å². The van der Waals surface area contributed by atoms with Crippen LogP contribution in [0.15, 0.2) is 59.8 Å². The first kappa shape index (κ1) is 15.1. The van der Waals surface area contributed by atoms with E-state index in [4.69, 9.17) is 0 Å². The van der Waals surface area contributed by atoms with E-state index >= 15 is 0 Å². The van der Waals surface area contributed by atoms with Gasteiger partial charge in [-0.05, 0) is 29.7 Å². The molecule has 0 spiro atoms. The monoisotopic (exact) mass is 334 g/mol. The van der Waals surface area contributed by atoms with Crippen LogP contribution in [0.5, 0.6) is 0 Å². The summed E-state index contributed by atoms with van der Waals surface area (Å²) in [4.78, 5) is 4.60. The van der Waals surface area contributed by atoms with Crippen molar-refractivity contribution in [1.29, 1.82) is 0 Å². The molecule has 1 unspecified atom stereocenters. The standard InChI is InChI=1S/C15H14N2O3S2/c18-13(15-8-11-4-1-2-6-14(11)21-15)10-17-22(19,20)12-5-3-7-16-9-12/h1-9,13,17-18H,10H2. The summed E-state index contributed by atoms with van der Waals surface area (Å²) in [6.45, 7) is -0.0793. The van der Waals surface area contributed by atoms with Gasteiger partial charge in [0, 0.05) is 28.5 Å². The van der Waals surface area contributed by atoms with Gasteiger partial charge in [-0.3, -0.25) is 4.98 Å². The molecule has 0 fully saturated rings. The summed E-state index contributed by atoms with van der Waals surface area (Å²) < 4.78 is 27.6. The van der Waals surface area contributed by atoms with Gasteiger partial charge in [0.25, 0.3) is 0 Å². The van der Waals surface area contributed by atoms with Gasteiger partial charge in [-0.2, -0.15) is 0 Å². The first-order chi connectivity index (χ1) is 10.6. The number of sulfonamides is 1. The molecule has 3 aromatic rings. The number of hydrogen-bond donors (Lipinski definition) is 2. The highest BCUT2D eigenvalue weighted by Gasteiger charge is 2.18. The fourth-order valence-electron chi connectivity index (χ4n) is 2.05. The number of aromatic nitrogens is 1. The summed E-state index contributed by atoms with van der Waals surface area (Å²) in [6.07, 6.45) is 1.89. The van der Waals surface area contributed by atoms with Crippen LogP contribution in [0.4, 0.5) is 0 Å². The molecular formula is C15H14N2O3S2. The molecular weight excluding hydrogens is 320 g/mol. The van der Waals surface area contributed by atoms with Crippen LogP contribution in [0.25, 0.3) is 10.1 Å². The van der Waals surface area contributed by atoms with Crippen LogP contribution in [0, 0.1) is 0 Å². The van der Waals surface area contributed by atoms with Gasteiger partial charge in [-0.25, -0.2) is 13.1 Å². The zero-order chi connectivity index (χ0) is 15.6. The van der Waals surface area contributed by atoms with Crippen molar-refractivity contribution in [2.24, 2.45) is 0 Å². The van der Waals surface area contributed by atoms with Crippen molar-refractivity contribution in [2.45, 2.75) is 11.0 Å². The van der Waals surface area contributed by atoms with Crippen molar-refractivity contribution in [1.82, 2.24) is 9.71 Å². The molecule has 2 heterocycles. The lowest BCUT2D eigenvalue weighted by atomic mass is 10.2. The number of nitrogens with one attached hydrogen (secondary N) is 1. The quantitative estimate of drug-likeness (QED) is 0.750. The number of nitrogens with zero attached hydrogens (tertiary/aromatic N) is 1. The zero-order valence-corrected chi connectivity index (χ0v) is 13.1. The Morgan fingerprint density at radius 2 is 2.05 bits per heavy atom. The maximum atomic E-state index is 12.1. The molecule has 5 nitrogen and oxygen atoms in total. The minimum absolute atomic E-state index is 0.0793. The average Bonchev–Trinajstić information content (AvgIpc) is 2.98. The van der Waals surface area contributed by atoms with E-state index < -0.39 is 16.1 Å². The second-order valence-corrected chi connectivity index (χ2v) is 7.63. The van der Waals surface area contributed by atoms with E-state index in [1.807, 2.05) is 30.3 Å². The molecule has 0 amide bonds. The lowest BCUT2D eigenvalue weighted by molar-refractivity contribution is 0.186. The van der Waals surface area contributed by atoms with Gasteiger partial charge in [0.05, 0.1) is 0 Å². The summed E-state index contributed by atoms with van der Waals surface area (Å²) >= 11 is 1.45. The van der Waals surface area contributed by atoms with E-state index in [2.05, 4.69) is 9.71 Å². The van der Waals surface area contributed by atoms with Gasteiger partial charge in [0.2, 0.25) is 10.0 Å². The average molecular weight is 334 g/mol. The van der Waals surface area contributed by atoms with Crippen molar-refractivity contribution in [3.8, 4) is 0 Å². The lowest BCUT2D eigenvalue weighted by Crippen LogP contribution is -2.28. The Balaban J connectivity index is 1.73. The third kappa shape index (κ3) is 3.17. The number of aliphatic hydroxyl groups is 1. The Kier molecular flexibility index (Phi) is 4.21. The topological polar surface area (TPSA) is 79.3 Å². The molecule has 0 radical (unpaired) electrons. The third-order valence-electron chi connectivity index (χ3n) is 3.18. The molecule has 0 aliphatic rings. The van der Waals surface area contributed by atoms with Crippen LogP contribution in [0.2, 0.25) is 0 Å². The molecule has 7 heteroatoms. The van der Waals surface area contributed by atoms with Gasteiger partial charge >= 0.3 is 0 Å².